The topological polar surface area (TPSA) is 75.6 Å². The Kier molecular flexibility index (Phi) is 7.01. The first-order valence-corrected chi connectivity index (χ1v) is 8.15. The molecule has 2 N–H and O–H groups in total. The lowest BCUT2D eigenvalue weighted by molar-refractivity contribution is -0.128. The molecule has 0 fully saturated rings. The van der Waals surface area contributed by atoms with Crippen molar-refractivity contribution < 1.29 is 19.4 Å². The van der Waals surface area contributed by atoms with Crippen LogP contribution < -0.4 is 5.32 Å². The zero-order valence-corrected chi connectivity index (χ0v) is 15.1. The van der Waals surface area contributed by atoms with Crippen LogP contribution in [-0.4, -0.2) is 29.6 Å². The van der Waals surface area contributed by atoms with Crippen molar-refractivity contribution in [1.29, 1.82) is 0 Å². The molecule has 0 heterocycles. The van der Waals surface area contributed by atoms with Crippen molar-refractivity contribution in [3.8, 4) is 5.75 Å². The minimum Gasteiger partial charge on any atom is -0.507 e. The summed E-state index contributed by atoms with van der Waals surface area (Å²) in [5, 5.41) is 13.0. The Morgan fingerprint density at radius 3 is 2.33 bits per heavy atom. The van der Waals surface area contributed by atoms with Gasteiger partial charge in [0.15, 0.2) is 6.10 Å². The van der Waals surface area contributed by atoms with E-state index in [1.807, 2.05) is 33.8 Å². The normalized spacial score (nSPS) is 12.1. The second-order valence-corrected chi connectivity index (χ2v) is 6.40. The van der Waals surface area contributed by atoms with Gasteiger partial charge in [-0.3, -0.25) is 4.79 Å². The van der Waals surface area contributed by atoms with Gasteiger partial charge in [0.1, 0.15) is 11.3 Å². The van der Waals surface area contributed by atoms with Crippen molar-refractivity contribution >= 4 is 11.9 Å². The van der Waals surface area contributed by atoms with Crippen LogP contribution in [0.15, 0.2) is 24.8 Å². The van der Waals surface area contributed by atoms with Gasteiger partial charge >= 0.3 is 5.97 Å². The van der Waals surface area contributed by atoms with Gasteiger partial charge in [-0.25, -0.2) is 4.79 Å². The SMILES string of the molecule is C=CCNC(=O)[C@@H](C)OC(=O)c1cc(C(C)C)cc(C(C)C)c1O. The van der Waals surface area contributed by atoms with Crippen molar-refractivity contribution in [2.24, 2.45) is 0 Å². The van der Waals surface area contributed by atoms with E-state index in [4.69, 9.17) is 4.74 Å². The van der Waals surface area contributed by atoms with E-state index in [0.717, 1.165) is 5.56 Å². The molecule has 0 bridgehead atoms. The largest absolute Gasteiger partial charge is 0.507 e. The first-order valence-electron chi connectivity index (χ1n) is 8.15. The van der Waals surface area contributed by atoms with E-state index in [9.17, 15) is 14.7 Å². The standard InChI is InChI=1S/C19H27NO4/c1-7-8-20-18(22)13(6)24-19(23)16-10-14(11(2)3)9-15(12(4)5)17(16)21/h7,9-13,21H,1,8H2,2-6H3,(H,20,22)/t13-/m1/s1. The first-order chi connectivity index (χ1) is 11.2. The average Bonchev–Trinajstić information content (AvgIpc) is 2.51. The Bertz CT molecular complexity index is 620. The molecular weight excluding hydrogens is 306 g/mol. The number of nitrogens with one attached hydrogen (secondary N) is 1. The fourth-order valence-electron chi connectivity index (χ4n) is 2.20. The van der Waals surface area contributed by atoms with Gasteiger partial charge in [-0.2, -0.15) is 0 Å². The van der Waals surface area contributed by atoms with Gasteiger partial charge in [0.2, 0.25) is 0 Å². The highest BCUT2D eigenvalue weighted by atomic mass is 16.5. The Morgan fingerprint density at radius 2 is 1.83 bits per heavy atom. The third-order valence-corrected chi connectivity index (χ3v) is 3.74. The molecular formula is C19H27NO4. The Morgan fingerprint density at radius 1 is 1.21 bits per heavy atom. The van der Waals surface area contributed by atoms with Gasteiger partial charge in [-0.1, -0.05) is 39.8 Å². The van der Waals surface area contributed by atoms with E-state index in [2.05, 4.69) is 11.9 Å². The lowest BCUT2D eigenvalue weighted by atomic mass is 9.92. The van der Waals surface area contributed by atoms with Crippen molar-refractivity contribution in [3.63, 3.8) is 0 Å². The molecule has 0 aliphatic rings. The minimum absolute atomic E-state index is 0.0589. The van der Waals surface area contributed by atoms with E-state index in [0.29, 0.717) is 12.1 Å². The lowest BCUT2D eigenvalue weighted by Crippen LogP contribution is -2.35. The number of rotatable bonds is 7. The number of carbonyl (C=O) groups excluding carboxylic acids is 2. The molecule has 1 rings (SSSR count). The second-order valence-electron chi connectivity index (χ2n) is 6.40. The summed E-state index contributed by atoms with van der Waals surface area (Å²) in [6.45, 7) is 13.2. The molecule has 0 spiro atoms. The summed E-state index contributed by atoms with van der Waals surface area (Å²) < 4.78 is 5.20. The van der Waals surface area contributed by atoms with Crippen LogP contribution in [0.25, 0.3) is 0 Å². The van der Waals surface area contributed by atoms with Crippen LogP contribution >= 0.6 is 0 Å². The van der Waals surface area contributed by atoms with Crippen LogP contribution in [0.1, 0.15) is 67.9 Å². The third-order valence-electron chi connectivity index (χ3n) is 3.74. The number of carbonyl (C=O) groups is 2. The van der Waals surface area contributed by atoms with Crippen LogP contribution in [0, 0.1) is 0 Å². The number of hydrogen-bond donors (Lipinski definition) is 2. The molecule has 24 heavy (non-hydrogen) atoms. The van der Waals surface area contributed by atoms with Gasteiger partial charge in [0, 0.05) is 6.54 Å². The Balaban J connectivity index is 3.09. The van der Waals surface area contributed by atoms with E-state index in [1.54, 1.807) is 12.1 Å². The van der Waals surface area contributed by atoms with Crippen molar-refractivity contribution in [3.05, 3.63) is 41.5 Å². The monoisotopic (exact) mass is 333 g/mol. The molecule has 0 aliphatic carbocycles. The summed E-state index contributed by atoms with van der Waals surface area (Å²) in [6, 6.07) is 3.53. The predicted octanol–water partition coefficient (Wildman–Crippen LogP) is 3.49. The quantitative estimate of drug-likeness (QED) is 0.591. The van der Waals surface area contributed by atoms with Gasteiger partial charge in [0.25, 0.3) is 5.91 Å². The van der Waals surface area contributed by atoms with Crippen molar-refractivity contribution in [1.82, 2.24) is 5.32 Å². The van der Waals surface area contributed by atoms with Gasteiger partial charge in [-0.05, 0) is 36.0 Å². The van der Waals surface area contributed by atoms with E-state index in [-0.39, 0.29) is 23.1 Å². The maximum absolute atomic E-state index is 12.4. The van der Waals surface area contributed by atoms with Crippen LogP contribution in [0.4, 0.5) is 0 Å². The van der Waals surface area contributed by atoms with E-state index < -0.39 is 18.0 Å². The summed E-state index contributed by atoms with van der Waals surface area (Å²) in [5.41, 5.74) is 1.72. The highest BCUT2D eigenvalue weighted by Gasteiger charge is 2.24. The van der Waals surface area contributed by atoms with Crippen LogP contribution in [0.3, 0.4) is 0 Å². The highest BCUT2D eigenvalue weighted by Crippen LogP contribution is 2.33. The molecule has 5 heteroatoms. The summed E-state index contributed by atoms with van der Waals surface area (Å²) in [6.07, 6.45) is 0.585. The molecule has 1 aromatic rings. The van der Waals surface area contributed by atoms with Crippen LogP contribution in [0.2, 0.25) is 0 Å². The molecule has 1 atom stereocenters. The molecule has 1 amide bonds. The summed E-state index contributed by atoms with van der Waals surface area (Å²) in [5.74, 6) is -0.949. The molecule has 0 unspecified atom stereocenters. The maximum Gasteiger partial charge on any atom is 0.342 e. The number of ether oxygens (including phenoxy) is 1. The van der Waals surface area contributed by atoms with Gasteiger partial charge in [0.05, 0.1) is 0 Å². The number of benzene rings is 1. The first kappa shape index (κ1) is 19.7. The predicted molar refractivity (Wildman–Crippen MR) is 94.4 cm³/mol. The van der Waals surface area contributed by atoms with Gasteiger partial charge in [-0.15, -0.1) is 6.58 Å². The molecule has 0 saturated carbocycles. The smallest absolute Gasteiger partial charge is 0.342 e. The third kappa shape index (κ3) is 4.85. The minimum atomic E-state index is -0.956. The van der Waals surface area contributed by atoms with E-state index >= 15 is 0 Å². The zero-order chi connectivity index (χ0) is 18.4. The summed E-state index contributed by atoms with van der Waals surface area (Å²) in [7, 11) is 0. The highest BCUT2D eigenvalue weighted by molar-refractivity contribution is 5.95. The van der Waals surface area contributed by atoms with Gasteiger partial charge < -0.3 is 15.2 Å². The Hall–Kier alpha value is -2.30. The van der Waals surface area contributed by atoms with Crippen molar-refractivity contribution in [2.45, 2.75) is 52.6 Å². The Labute approximate surface area is 143 Å². The van der Waals surface area contributed by atoms with E-state index in [1.165, 1.54) is 6.92 Å². The molecule has 132 valence electrons. The average molecular weight is 333 g/mol. The molecule has 5 nitrogen and oxygen atoms in total. The number of hydrogen-bond acceptors (Lipinski definition) is 4. The summed E-state index contributed by atoms with van der Waals surface area (Å²) in [4.78, 5) is 24.2. The fourth-order valence-corrected chi connectivity index (χ4v) is 2.20. The zero-order valence-electron chi connectivity index (χ0n) is 15.1. The molecule has 0 saturated heterocycles. The number of aromatic hydroxyl groups is 1. The molecule has 0 radical (unpaired) electrons. The second kappa shape index (κ2) is 8.52. The van der Waals surface area contributed by atoms with Crippen LogP contribution in [0.5, 0.6) is 5.75 Å². The fraction of sp³-hybridized carbons (Fsp3) is 0.474. The maximum atomic E-state index is 12.4. The number of phenols is 1. The molecule has 1 aromatic carbocycles. The van der Waals surface area contributed by atoms with Crippen molar-refractivity contribution in [2.75, 3.05) is 6.54 Å². The van der Waals surface area contributed by atoms with Crippen LogP contribution in [-0.2, 0) is 9.53 Å². The summed E-state index contributed by atoms with van der Waals surface area (Å²) >= 11 is 0. The number of esters is 1. The number of amides is 1. The molecule has 0 aromatic heterocycles. The lowest BCUT2D eigenvalue weighted by Gasteiger charge is -2.18. The molecule has 0 aliphatic heterocycles. The number of phenolic OH excluding ortho intramolecular Hbond substituents is 1.